The van der Waals surface area contributed by atoms with Crippen molar-refractivity contribution >= 4 is 51.8 Å². The molecule has 2 N–H and O–H groups in total. The molecule has 0 aromatic heterocycles. The number of aliphatic hydroxyl groups excluding tert-OH is 1. The first kappa shape index (κ1) is 34.3. The van der Waals surface area contributed by atoms with Gasteiger partial charge in [0.05, 0.1) is 24.5 Å². The average Bonchev–Trinajstić information content (AvgIpc) is 3.11. The Bertz CT molecular complexity index is 1740. The van der Waals surface area contributed by atoms with Gasteiger partial charge in [0.1, 0.15) is 12.0 Å². The summed E-state index contributed by atoms with van der Waals surface area (Å²) in [4.78, 5) is 55.9. The van der Waals surface area contributed by atoms with Crippen LogP contribution in [0.15, 0.2) is 128 Å². The van der Waals surface area contributed by atoms with Gasteiger partial charge in [-0.2, -0.15) is 0 Å². The molecule has 0 aliphatic carbocycles. The number of Topliss-reactive ketones (excluding diaryl/α,β-unsaturated/α-hetero) is 1. The first-order chi connectivity index (χ1) is 23.2. The lowest BCUT2D eigenvalue weighted by atomic mass is 9.79. The highest BCUT2D eigenvalue weighted by molar-refractivity contribution is 7.96. The maximum absolute atomic E-state index is 14.5. The Balaban J connectivity index is 1.75. The molecule has 1 heterocycles. The quantitative estimate of drug-likeness (QED) is 0.0744. The summed E-state index contributed by atoms with van der Waals surface area (Å²) in [5.74, 6) is -2.50. The Kier molecular flexibility index (Phi) is 10.9. The first-order valence-corrected chi connectivity index (χ1v) is 17.6. The molecule has 5 rings (SSSR count). The van der Waals surface area contributed by atoms with E-state index < -0.39 is 36.8 Å². The molecule has 3 atom stereocenters. The van der Waals surface area contributed by atoms with Gasteiger partial charge in [-0.25, -0.2) is 4.79 Å². The number of carbonyl (C=O) groups excluding carboxylic acids is 4. The number of ether oxygens (including phenoxy) is 1. The number of hydrogen-bond donors (Lipinski definition) is 2. The molecule has 0 bridgehead atoms. The summed E-state index contributed by atoms with van der Waals surface area (Å²) >= 11 is 0. The van der Waals surface area contributed by atoms with Crippen molar-refractivity contribution in [2.75, 3.05) is 13.7 Å². The van der Waals surface area contributed by atoms with Crippen LogP contribution in [-0.2, 0) is 25.5 Å². The van der Waals surface area contributed by atoms with E-state index in [0.717, 1.165) is 21.5 Å². The SMILES string of the molecule is C=CCOC(=O)C(N1C(=O)[C@H]([C@@H](C)O)[C@H]1CC(=O)c1ccc(CC(=O)NC)cc1)=P(c1ccccc1)(c1ccccc1)c1ccccc1. The number of nitrogens with zero attached hydrogens (tertiary/aromatic N) is 1. The van der Waals surface area contributed by atoms with E-state index in [-0.39, 0.29) is 36.6 Å². The van der Waals surface area contributed by atoms with Gasteiger partial charge < -0.3 is 20.1 Å². The third-order valence-electron chi connectivity index (χ3n) is 8.59. The number of aliphatic hydroxyl groups is 1. The highest BCUT2D eigenvalue weighted by Gasteiger charge is 2.55. The third-order valence-corrected chi connectivity index (χ3v) is 12.8. The van der Waals surface area contributed by atoms with Gasteiger partial charge in [-0.1, -0.05) is 128 Å². The van der Waals surface area contributed by atoms with Gasteiger partial charge in [-0.3, -0.25) is 14.4 Å². The highest BCUT2D eigenvalue weighted by atomic mass is 31.2. The van der Waals surface area contributed by atoms with E-state index in [0.29, 0.717) is 5.56 Å². The zero-order valence-electron chi connectivity index (χ0n) is 27.0. The van der Waals surface area contributed by atoms with Gasteiger partial charge in [0, 0.05) is 25.9 Å². The van der Waals surface area contributed by atoms with E-state index in [1.165, 1.54) is 17.9 Å². The van der Waals surface area contributed by atoms with Crippen molar-refractivity contribution in [2.24, 2.45) is 5.92 Å². The molecule has 2 amide bonds. The van der Waals surface area contributed by atoms with Crippen molar-refractivity contribution in [3.05, 3.63) is 139 Å². The lowest BCUT2D eigenvalue weighted by Crippen LogP contribution is -2.68. The summed E-state index contributed by atoms with van der Waals surface area (Å²) in [6.07, 6.45) is 0.418. The number of likely N-dealkylation sites (N-methyl/N-ethyl adjacent to an activating group) is 1. The molecule has 4 aromatic carbocycles. The fourth-order valence-corrected chi connectivity index (χ4v) is 10.7. The van der Waals surface area contributed by atoms with Gasteiger partial charge in [0.15, 0.2) is 5.78 Å². The van der Waals surface area contributed by atoms with Crippen LogP contribution in [0.1, 0.15) is 29.3 Å². The molecular weight excluding hydrogens is 623 g/mol. The van der Waals surface area contributed by atoms with Gasteiger partial charge in [-0.05, 0) is 28.4 Å². The Morgan fingerprint density at radius 3 is 1.81 bits per heavy atom. The predicted molar refractivity (Wildman–Crippen MR) is 190 cm³/mol. The summed E-state index contributed by atoms with van der Waals surface area (Å²) in [6.45, 7) is 1.98. The van der Waals surface area contributed by atoms with Crippen LogP contribution in [0.3, 0.4) is 0 Å². The summed E-state index contributed by atoms with van der Waals surface area (Å²) in [7, 11) is 1.56. The number of ketones is 1. The molecular formula is C39H39N2O6P. The van der Waals surface area contributed by atoms with Crippen LogP contribution < -0.4 is 21.2 Å². The monoisotopic (exact) mass is 662 g/mol. The Morgan fingerprint density at radius 2 is 1.38 bits per heavy atom. The minimum absolute atomic E-state index is 0.0887. The molecule has 8 nitrogen and oxygen atoms in total. The normalized spacial score (nSPS) is 16.3. The summed E-state index contributed by atoms with van der Waals surface area (Å²) < 4.78 is 5.78. The largest absolute Gasteiger partial charge is 0.457 e. The van der Waals surface area contributed by atoms with Crippen LogP contribution in [0.4, 0.5) is 0 Å². The number of nitrogens with one attached hydrogen (secondary N) is 1. The molecule has 1 aliphatic rings. The first-order valence-electron chi connectivity index (χ1n) is 15.8. The number of benzene rings is 4. The average molecular weight is 663 g/mol. The van der Waals surface area contributed by atoms with Gasteiger partial charge in [0.25, 0.3) is 0 Å². The van der Waals surface area contributed by atoms with Crippen LogP contribution in [0, 0.1) is 5.92 Å². The van der Waals surface area contributed by atoms with Crippen LogP contribution in [-0.4, -0.2) is 64.8 Å². The molecule has 48 heavy (non-hydrogen) atoms. The Hall–Kier alpha value is -5.04. The standard InChI is InChI=1S/C39H39N2O6P/c1-4-24-47-39(46)38(48(30-14-8-5-9-15-30,31-16-10-6-11-17-31)32-18-12-7-13-19-32)41-33(36(27(2)42)37(41)45)26-34(43)29-22-20-28(21-23-29)25-35(44)40-3/h4-23,27,33,36,42H,1,24-26H2,2-3H3,(H,40,44)/t27-,33-,36-/m1/s1. The Labute approximate surface area is 281 Å². The van der Waals surface area contributed by atoms with Gasteiger partial charge in [-0.15, -0.1) is 0 Å². The van der Waals surface area contributed by atoms with Crippen molar-refractivity contribution in [3.63, 3.8) is 0 Å². The number of carbonyl (C=O) groups is 4. The summed E-state index contributed by atoms with van der Waals surface area (Å²) in [5, 5.41) is 15.9. The van der Waals surface area contributed by atoms with Crippen LogP contribution in [0.5, 0.6) is 0 Å². The lowest BCUT2D eigenvalue weighted by Gasteiger charge is -2.50. The van der Waals surface area contributed by atoms with Crippen molar-refractivity contribution in [1.29, 1.82) is 0 Å². The number of amides is 2. The number of rotatable bonds is 13. The minimum Gasteiger partial charge on any atom is -0.457 e. The second kappa shape index (κ2) is 15.2. The topological polar surface area (TPSA) is 113 Å². The van der Waals surface area contributed by atoms with E-state index in [9.17, 15) is 24.3 Å². The third kappa shape index (κ3) is 6.68. The van der Waals surface area contributed by atoms with Gasteiger partial charge >= 0.3 is 5.97 Å². The maximum atomic E-state index is 14.5. The van der Waals surface area contributed by atoms with E-state index >= 15 is 0 Å². The number of likely N-dealkylation sites (tertiary alicyclic amines) is 1. The summed E-state index contributed by atoms with van der Waals surface area (Å²) in [5.41, 5.74) is 1.27. The van der Waals surface area contributed by atoms with Crippen LogP contribution in [0.2, 0.25) is 0 Å². The van der Waals surface area contributed by atoms with E-state index in [1.807, 2.05) is 91.0 Å². The molecule has 4 aromatic rings. The number of hydrogen-bond acceptors (Lipinski definition) is 6. The van der Waals surface area contributed by atoms with Crippen molar-refractivity contribution in [1.82, 2.24) is 10.2 Å². The van der Waals surface area contributed by atoms with Crippen LogP contribution in [0.25, 0.3) is 0 Å². The lowest BCUT2D eigenvalue weighted by molar-refractivity contribution is -0.157. The zero-order valence-corrected chi connectivity index (χ0v) is 27.9. The molecule has 0 saturated carbocycles. The molecule has 0 unspecified atom stereocenters. The van der Waals surface area contributed by atoms with E-state index in [4.69, 9.17) is 4.74 Å². The minimum atomic E-state index is -3.17. The highest BCUT2D eigenvalue weighted by Crippen LogP contribution is 2.50. The second-order valence-corrected chi connectivity index (χ2v) is 14.9. The summed E-state index contributed by atoms with van der Waals surface area (Å²) in [6, 6.07) is 34.7. The smallest absolute Gasteiger partial charge is 0.356 e. The molecule has 246 valence electrons. The van der Waals surface area contributed by atoms with E-state index in [2.05, 4.69) is 11.9 Å². The zero-order chi connectivity index (χ0) is 34.3. The van der Waals surface area contributed by atoms with E-state index in [1.54, 1.807) is 31.3 Å². The van der Waals surface area contributed by atoms with Crippen LogP contribution >= 0.6 is 6.89 Å². The molecule has 1 aliphatic heterocycles. The molecule has 1 saturated heterocycles. The van der Waals surface area contributed by atoms with Gasteiger partial charge in [0.2, 0.25) is 11.8 Å². The Morgan fingerprint density at radius 1 is 0.875 bits per heavy atom. The van der Waals surface area contributed by atoms with Crippen molar-refractivity contribution in [3.8, 4) is 0 Å². The molecule has 9 heteroatoms. The fourth-order valence-electron chi connectivity index (χ4n) is 6.33. The second-order valence-electron chi connectivity index (χ2n) is 11.6. The van der Waals surface area contributed by atoms with Crippen molar-refractivity contribution in [2.45, 2.75) is 31.9 Å². The molecule has 1 fully saturated rings. The fraction of sp³-hybridized carbons (Fsp3) is 0.205. The molecule has 0 spiro atoms. The molecule has 0 radical (unpaired) electrons. The maximum Gasteiger partial charge on any atom is 0.356 e. The number of β-lactam (4-membered cyclic amide) rings is 1. The number of esters is 1. The van der Waals surface area contributed by atoms with Crippen molar-refractivity contribution < 1.29 is 29.0 Å². The predicted octanol–water partition coefficient (Wildman–Crippen LogP) is 3.61.